The Balaban J connectivity index is 2.10. The van der Waals surface area contributed by atoms with Crippen LogP contribution in [0.3, 0.4) is 0 Å². The van der Waals surface area contributed by atoms with E-state index in [4.69, 9.17) is 9.52 Å². The molecule has 1 amide bonds. The predicted molar refractivity (Wildman–Crippen MR) is 77.4 cm³/mol. The maximum Gasteiger partial charge on any atom is 0.335 e. The Labute approximate surface area is 122 Å². The number of carbonyl (C=O) groups excluding carboxylic acids is 1. The number of benzene rings is 1. The highest BCUT2D eigenvalue weighted by molar-refractivity contribution is 5.92. The van der Waals surface area contributed by atoms with Gasteiger partial charge >= 0.3 is 5.97 Å². The monoisotopic (exact) mass is 287 g/mol. The third-order valence-electron chi connectivity index (χ3n) is 3.20. The first-order valence-electron chi connectivity index (χ1n) is 6.53. The van der Waals surface area contributed by atoms with Gasteiger partial charge in [0.05, 0.1) is 5.56 Å². The van der Waals surface area contributed by atoms with E-state index in [1.54, 1.807) is 31.0 Å². The highest BCUT2D eigenvalue weighted by atomic mass is 16.4. The number of carbonyl (C=O) groups is 2. The SMILES string of the molecule is Cc1cc(C)c(C(=O)N(C)Cc2ccc(C(=O)O)cc2)o1. The second kappa shape index (κ2) is 5.83. The van der Waals surface area contributed by atoms with Crippen LogP contribution < -0.4 is 0 Å². The number of hydrogen-bond donors (Lipinski definition) is 1. The quantitative estimate of drug-likeness (QED) is 0.938. The Morgan fingerprint density at radius 2 is 1.81 bits per heavy atom. The minimum Gasteiger partial charge on any atom is -0.478 e. The number of carboxylic acid groups (broad SMARTS) is 1. The molecule has 1 aromatic carbocycles. The van der Waals surface area contributed by atoms with E-state index in [9.17, 15) is 9.59 Å². The molecule has 0 aliphatic rings. The number of carboxylic acids is 1. The van der Waals surface area contributed by atoms with Gasteiger partial charge in [-0.15, -0.1) is 0 Å². The molecule has 2 aromatic rings. The van der Waals surface area contributed by atoms with E-state index in [1.165, 1.54) is 12.1 Å². The summed E-state index contributed by atoms with van der Waals surface area (Å²) in [7, 11) is 1.69. The van der Waals surface area contributed by atoms with E-state index in [0.717, 1.165) is 11.1 Å². The number of furan rings is 1. The lowest BCUT2D eigenvalue weighted by Gasteiger charge is -2.16. The average molecular weight is 287 g/mol. The predicted octanol–water partition coefficient (Wildman–Crippen LogP) is 2.87. The van der Waals surface area contributed by atoms with Gasteiger partial charge in [0.15, 0.2) is 5.76 Å². The Morgan fingerprint density at radius 3 is 2.29 bits per heavy atom. The lowest BCUT2D eigenvalue weighted by atomic mass is 10.1. The molecule has 0 fully saturated rings. The number of rotatable bonds is 4. The minimum atomic E-state index is -0.965. The van der Waals surface area contributed by atoms with Crippen molar-refractivity contribution in [2.75, 3.05) is 7.05 Å². The van der Waals surface area contributed by atoms with Crippen LogP contribution in [0.4, 0.5) is 0 Å². The summed E-state index contributed by atoms with van der Waals surface area (Å²) >= 11 is 0. The molecule has 1 aromatic heterocycles. The molecule has 0 bridgehead atoms. The second-order valence-corrected chi connectivity index (χ2v) is 5.03. The maximum atomic E-state index is 12.3. The largest absolute Gasteiger partial charge is 0.478 e. The van der Waals surface area contributed by atoms with Gasteiger partial charge < -0.3 is 14.4 Å². The van der Waals surface area contributed by atoms with Crippen molar-refractivity contribution >= 4 is 11.9 Å². The first kappa shape index (κ1) is 14.8. The van der Waals surface area contributed by atoms with Gasteiger partial charge in [0, 0.05) is 19.2 Å². The Morgan fingerprint density at radius 1 is 1.19 bits per heavy atom. The fourth-order valence-corrected chi connectivity index (χ4v) is 2.13. The third-order valence-corrected chi connectivity index (χ3v) is 3.20. The summed E-state index contributed by atoms with van der Waals surface area (Å²) in [5, 5.41) is 8.85. The van der Waals surface area contributed by atoms with Gasteiger partial charge in [0.1, 0.15) is 5.76 Å². The molecule has 0 unspecified atom stereocenters. The van der Waals surface area contributed by atoms with Crippen LogP contribution >= 0.6 is 0 Å². The van der Waals surface area contributed by atoms with Crippen LogP contribution in [0.25, 0.3) is 0 Å². The van der Waals surface area contributed by atoms with Crippen LogP contribution in [0.5, 0.6) is 0 Å². The molecule has 0 saturated carbocycles. The molecule has 2 rings (SSSR count). The molecule has 21 heavy (non-hydrogen) atoms. The first-order chi connectivity index (χ1) is 9.88. The Kier molecular flexibility index (Phi) is 4.12. The van der Waals surface area contributed by atoms with E-state index in [0.29, 0.717) is 18.1 Å². The normalized spacial score (nSPS) is 10.4. The summed E-state index contributed by atoms with van der Waals surface area (Å²) in [5.74, 6) is -0.109. The number of hydrogen-bond acceptors (Lipinski definition) is 3. The van der Waals surface area contributed by atoms with Crippen LogP contribution in [0.1, 0.15) is 37.8 Å². The van der Waals surface area contributed by atoms with Crippen LogP contribution in [0.2, 0.25) is 0 Å². The van der Waals surface area contributed by atoms with Gasteiger partial charge in [-0.2, -0.15) is 0 Å². The van der Waals surface area contributed by atoms with E-state index in [1.807, 2.05) is 13.0 Å². The highest BCUT2D eigenvalue weighted by Gasteiger charge is 2.18. The summed E-state index contributed by atoms with van der Waals surface area (Å²) in [6, 6.07) is 8.28. The van der Waals surface area contributed by atoms with E-state index in [2.05, 4.69) is 0 Å². The lowest BCUT2D eigenvalue weighted by molar-refractivity contribution is 0.0695. The lowest BCUT2D eigenvalue weighted by Crippen LogP contribution is -2.26. The fourth-order valence-electron chi connectivity index (χ4n) is 2.13. The van der Waals surface area contributed by atoms with Gasteiger partial charge in [-0.1, -0.05) is 12.1 Å². The highest BCUT2D eigenvalue weighted by Crippen LogP contribution is 2.17. The molecule has 0 radical (unpaired) electrons. The number of nitrogens with zero attached hydrogens (tertiary/aromatic N) is 1. The van der Waals surface area contributed by atoms with Crippen LogP contribution in [-0.2, 0) is 6.54 Å². The molecule has 1 N–H and O–H groups in total. The van der Waals surface area contributed by atoms with Gasteiger partial charge in [0.2, 0.25) is 0 Å². The third kappa shape index (κ3) is 3.31. The Hall–Kier alpha value is -2.56. The second-order valence-electron chi connectivity index (χ2n) is 5.03. The summed E-state index contributed by atoms with van der Waals surface area (Å²) in [5.41, 5.74) is 1.90. The number of aromatic carboxylic acids is 1. The van der Waals surface area contributed by atoms with E-state index >= 15 is 0 Å². The zero-order chi connectivity index (χ0) is 15.6. The molecular formula is C16H17NO4. The topological polar surface area (TPSA) is 70.8 Å². The van der Waals surface area contributed by atoms with E-state index < -0.39 is 5.97 Å². The maximum absolute atomic E-state index is 12.3. The van der Waals surface area contributed by atoms with Crippen LogP contribution in [-0.4, -0.2) is 28.9 Å². The van der Waals surface area contributed by atoms with Crippen LogP contribution in [0, 0.1) is 13.8 Å². The van der Waals surface area contributed by atoms with Crippen molar-refractivity contribution in [1.29, 1.82) is 0 Å². The van der Waals surface area contributed by atoms with Gasteiger partial charge in [-0.05, 0) is 37.6 Å². The van der Waals surface area contributed by atoms with Gasteiger partial charge in [0.25, 0.3) is 5.91 Å². The number of amides is 1. The molecule has 5 heteroatoms. The first-order valence-corrected chi connectivity index (χ1v) is 6.53. The van der Waals surface area contributed by atoms with Crippen molar-refractivity contribution in [3.05, 3.63) is 58.5 Å². The molecule has 0 spiro atoms. The standard InChI is InChI=1S/C16H17NO4/c1-10-8-11(2)21-14(10)15(18)17(3)9-12-4-6-13(7-5-12)16(19)20/h4-8H,9H2,1-3H3,(H,19,20). The zero-order valence-electron chi connectivity index (χ0n) is 12.2. The smallest absolute Gasteiger partial charge is 0.335 e. The number of aryl methyl sites for hydroxylation is 2. The molecule has 0 aliphatic heterocycles. The molecule has 0 atom stereocenters. The summed E-state index contributed by atoms with van der Waals surface area (Å²) in [6.45, 7) is 4.02. The molecule has 1 heterocycles. The molecule has 5 nitrogen and oxygen atoms in total. The van der Waals surface area contributed by atoms with Crippen molar-refractivity contribution in [2.45, 2.75) is 20.4 Å². The molecule has 110 valence electrons. The van der Waals surface area contributed by atoms with E-state index in [-0.39, 0.29) is 11.5 Å². The molecular weight excluding hydrogens is 270 g/mol. The van der Waals surface area contributed by atoms with Crippen LogP contribution in [0.15, 0.2) is 34.7 Å². The van der Waals surface area contributed by atoms with Crippen molar-refractivity contribution in [2.24, 2.45) is 0 Å². The zero-order valence-corrected chi connectivity index (χ0v) is 12.2. The summed E-state index contributed by atoms with van der Waals surface area (Å²) in [4.78, 5) is 24.6. The van der Waals surface area contributed by atoms with Crippen molar-refractivity contribution in [3.8, 4) is 0 Å². The van der Waals surface area contributed by atoms with Gasteiger partial charge in [-0.25, -0.2) is 4.79 Å². The van der Waals surface area contributed by atoms with Crippen molar-refractivity contribution < 1.29 is 19.1 Å². The fraction of sp³-hybridized carbons (Fsp3) is 0.250. The molecule has 0 saturated heterocycles. The Bertz CT molecular complexity index is 670. The summed E-state index contributed by atoms with van der Waals surface area (Å²) < 4.78 is 5.42. The molecule has 0 aliphatic carbocycles. The van der Waals surface area contributed by atoms with Crippen molar-refractivity contribution in [1.82, 2.24) is 4.90 Å². The van der Waals surface area contributed by atoms with Crippen molar-refractivity contribution in [3.63, 3.8) is 0 Å². The average Bonchev–Trinajstić information content (AvgIpc) is 2.77. The minimum absolute atomic E-state index is 0.192. The summed E-state index contributed by atoms with van der Waals surface area (Å²) in [6.07, 6.45) is 0. The van der Waals surface area contributed by atoms with Gasteiger partial charge in [-0.3, -0.25) is 4.79 Å².